The number of hydrogen-bond acceptors (Lipinski definition) is 5. The lowest BCUT2D eigenvalue weighted by Crippen LogP contribution is -2.41. The molecule has 0 unspecified atom stereocenters. The van der Waals surface area contributed by atoms with Crippen LogP contribution in [0, 0.1) is 5.92 Å². The monoisotopic (exact) mass is 449 g/mol. The lowest BCUT2D eigenvalue weighted by Gasteiger charge is -2.30. The topological polar surface area (TPSA) is 108 Å². The van der Waals surface area contributed by atoms with Crippen molar-refractivity contribution in [3.05, 3.63) is 82.3 Å². The number of nitrogens with zero attached hydrogens (tertiary/aromatic N) is 3. The van der Waals surface area contributed by atoms with Crippen molar-refractivity contribution in [2.45, 2.75) is 62.9 Å². The van der Waals surface area contributed by atoms with E-state index in [1.165, 1.54) is 0 Å². The summed E-state index contributed by atoms with van der Waals surface area (Å²) in [6.07, 6.45) is 4.26. The zero-order valence-electron chi connectivity index (χ0n) is 19.0. The Morgan fingerprint density at radius 2 is 2.03 bits per heavy atom. The minimum Gasteiger partial charge on any atom is -0.489 e. The van der Waals surface area contributed by atoms with Crippen molar-refractivity contribution >= 4 is 0 Å². The van der Waals surface area contributed by atoms with Gasteiger partial charge in [-0.3, -0.25) is 0 Å². The van der Waals surface area contributed by atoms with Crippen LogP contribution in [0.2, 0.25) is 0 Å². The summed E-state index contributed by atoms with van der Waals surface area (Å²) in [5.74, 6) is 1.47. The molecule has 2 aromatic carbocycles. The Hall–Kier alpha value is -2.99. The first kappa shape index (κ1) is 23.2. The predicted molar refractivity (Wildman–Crippen MR) is 126 cm³/mol. The summed E-state index contributed by atoms with van der Waals surface area (Å²) in [4.78, 5) is 2.81. The van der Waals surface area contributed by atoms with E-state index in [-0.39, 0.29) is 17.9 Å². The number of aliphatic hydroxyl groups excluding tert-OH is 2. The third-order valence-electron chi connectivity index (χ3n) is 6.61. The summed E-state index contributed by atoms with van der Waals surface area (Å²) in [5, 5.41) is 25.2. The Morgan fingerprint density at radius 3 is 2.79 bits per heavy atom. The van der Waals surface area contributed by atoms with Crippen LogP contribution in [0.4, 0.5) is 0 Å². The zero-order valence-corrected chi connectivity index (χ0v) is 19.0. The van der Waals surface area contributed by atoms with Crippen LogP contribution < -0.4 is 9.47 Å². The first-order valence-corrected chi connectivity index (χ1v) is 11.5. The molecular weight excluding hydrogens is 418 g/mol. The number of ether oxygens (including phenoxy) is 2. The number of benzene rings is 2. The molecule has 2 N–H and O–H groups in total. The van der Waals surface area contributed by atoms with E-state index in [0.29, 0.717) is 18.7 Å². The van der Waals surface area contributed by atoms with Gasteiger partial charge in [0.25, 0.3) is 0 Å². The molecule has 33 heavy (non-hydrogen) atoms. The molecule has 0 aromatic heterocycles. The fourth-order valence-electron chi connectivity index (χ4n) is 4.87. The molecule has 1 aliphatic carbocycles. The molecular formula is C26H31N3O4. The molecule has 7 heteroatoms. The number of fused-ring (bicyclic) bond motifs is 3. The van der Waals surface area contributed by atoms with Gasteiger partial charge in [-0.05, 0) is 49.9 Å². The molecule has 0 bridgehead atoms. The Labute approximate surface area is 194 Å². The van der Waals surface area contributed by atoms with Crippen molar-refractivity contribution in [1.29, 1.82) is 0 Å². The highest BCUT2D eigenvalue weighted by atomic mass is 16.5. The summed E-state index contributed by atoms with van der Waals surface area (Å²) in [7, 11) is 0. The summed E-state index contributed by atoms with van der Waals surface area (Å²) in [6, 6.07) is 15.6. The molecule has 1 heterocycles. The van der Waals surface area contributed by atoms with E-state index < -0.39 is 17.8 Å². The third kappa shape index (κ3) is 5.01. The third-order valence-corrected chi connectivity index (χ3v) is 6.61. The van der Waals surface area contributed by atoms with E-state index in [1.54, 1.807) is 6.08 Å². The molecule has 1 saturated carbocycles. The first-order valence-electron chi connectivity index (χ1n) is 11.5. The zero-order chi connectivity index (χ0) is 23.4. The molecule has 1 fully saturated rings. The van der Waals surface area contributed by atoms with Crippen LogP contribution in [0.3, 0.4) is 0 Å². The average molecular weight is 450 g/mol. The number of rotatable bonds is 9. The average Bonchev–Trinajstić information content (AvgIpc) is 3.30. The van der Waals surface area contributed by atoms with E-state index in [9.17, 15) is 10.2 Å². The van der Waals surface area contributed by atoms with Crippen molar-refractivity contribution < 1.29 is 19.7 Å². The van der Waals surface area contributed by atoms with Crippen LogP contribution in [-0.2, 0) is 6.42 Å². The fraction of sp³-hybridized carbons (Fsp3) is 0.462. The predicted octanol–water partition coefficient (Wildman–Crippen LogP) is 4.93. The number of hydrogen-bond donors (Lipinski definition) is 2. The van der Waals surface area contributed by atoms with Crippen LogP contribution in [0.15, 0.2) is 65.8 Å². The van der Waals surface area contributed by atoms with Crippen molar-refractivity contribution in [3.63, 3.8) is 0 Å². The van der Waals surface area contributed by atoms with Gasteiger partial charge in [0.1, 0.15) is 29.3 Å². The van der Waals surface area contributed by atoms with Crippen LogP contribution in [0.1, 0.15) is 43.7 Å². The fourth-order valence-corrected chi connectivity index (χ4v) is 4.87. The highest BCUT2D eigenvalue weighted by Gasteiger charge is 2.49. The summed E-state index contributed by atoms with van der Waals surface area (Å²) < 4.78 is 12.3. The molecule has 1 aliphatic heterocycles. The highest BCUT2D eigenvalue weighted by Crippen LogP contribution is 2.52. The van der Waals surface area contributed by atoms with Gasteiger partial charge in [0.2, 0.25) is 0 Å². The molecule has 0 saturated heterocycles. The summed E-state index contributed by atoms with van der Waals surface area (Å²) in [5.41, 5.74) is 9.84. The molecule has 0 radical (unpaired) electrons. The van der Waals surface area contributed by atoms with Crippen molar-refractivity contribution in [2.75, 3.05) is 6.54 Å². The summed E-state index contributed by atoms with van der Waals surface area (Å²) >= 11 is 0. The van der Waals surface area contributed by atoms with Gasteiger partial charge in [0.05, 0.1) is 6.10 Å². The second kappa shape index (κ2) is 9.87. The lowest BCUT2D eigenvalue weighted by atomic mass is 9.86. The molecule has 5 atom stereocenters. The van der Waals surface area contributed by atoms with Gasteiger partial charge < -0.3 is 19.7 Å². The van der Waals surface area contributed by atoms with E-state index in [0.717, 1.165) is 29.7 Å². The van der Waals surface area contributed by atoms with Crippen LogP contribution in [0.5, 0.6) is 11.5 Å². The SMILES string of the molecule is CC(C)(Oc1ccccc1)[C@H](O)/C=C/[C@@H]1[C@H]2c3cccc(CCCN=[N+]=[N-])c3O[C@H]2C[C@H]1O. The number of azide groups is 1. The van der Waals surface area contributed by atoms with Gasteiger partial charge in [-0.2, -0.15) is 0 Å². The van der Waals surface area contributed by atoms with Gasteiger partial charge >= 0.3 is 0 Å². The number of aryl methyl sites for hydroxylation is 1. The van der Waals surface area contributed by atoms with E-state index in [4.69, 9.17) is 15.0 Å². The molecule has 0 spiro atoms. The van der Waals surface area contributed by atoms with E-state index in [1.807, 2.05) is 62.4 Å². The number of para-hydroxylation sites is 2. The van der Waals surface area contributed by atoms with E-state index >= 15 is 0 Å². The van der Waals surface area contributed by atoms with E-state index in [2.05, 4.69) is 16.1 Å². The Bertz CT molecular complexity index is 1030. The molecule has 2 aliphatic rings. The van der Waals surface area contributed by atoms with Gasteiger partial charge in [0, 0.05) is 35.3 Å². The smallest absolute Gasteiger partial charge is 0.133 e. The maximum atomic E-state index is 10.8. The Balaban J connectivity index is 1.49. The first-order chi connectivity index (χ1) is 15.9. The van der Waals surface area contributed by atoms with Crippen LogP contribution in [0.25, 0.3) is 10.4 Å². The maximum absolute atomic E-state index is 10.8. The Morgan fingerprint density at radius 1 is 1.24 bits per heavy atom. The molecule has 2 aromatic rings. The molecule has 4 rings (SSSR count). The Kier molecular flexibility index (Phi) is 6.94. The van der Waals surface area contributed by atoms with Crippen molar-refractivity contribution in [2.24, 2.45) is 11.0 Å². The van der Waals surface area contributed by atoms with Gasteiger partial charge in [-0.1, -0.05) is 53.7 Å². The van der Waals surface area contributed by atoms with Crippen LogP contribution in [-0.4, -0.2) is 40.7 Å². The second-order valence-corrected chi connectivity index (χ2v) is 9.30. The molecule has 174 valence electrons. The largest absolute Gasteiger partial charge is 0.489 e. The quantitative estimate of drug-likeness (QED) is 0.186. The van der Waals surface area contributed by atoms with Crippen molar-refractivity contribution in [1.82, 2.24) is 0 Å². The van der Waals surface area contributed by atoms with Crippen molar-refractivity contribution in [3.8, 4) is 11.5 Å². The van der Waals surface area contributed by atoms with Crippen LogP contribution >= 0.6 is 0 Å². The number of aliphatic hydroxyl groups is 2. The second-order valence-electron chi connectivity index (χ2n) is 9.30. The summed E-state index contributed by atoms with van der Waals surface area (Å²) in [6.45, 7) is 4.15. The standard InChI is InChI=1S/C26H31N3O4/c1-26(2,33-18-10-4-3-5-11-18)23(31)14-13-19-21(30)16-22-24(19)20-12-6-8-17(25(20)32-22)9-7-15-28-29-27/h3-6,8,10-14,19,21-24,30-31H,7,9,15-16H2,1-2H3/b14-13+/t19-,21+,22-,23+,24-/m0/s1. The molecule has 0 amide bonds. The minimum atomic E-state index is -0.849. The lowest BCUT2D eigenvalue weighted by molar-refractivity contribution is -0.00221. The van der Waals surface area contributed by atoms with Gasteiger partial charge in [-0.25, -0.2) is 0 Å². The molecule has 7 nitrogen and oxygen atoms in total. The normalized spacial score (nSPS) is 24.6. The highest BCUT2D eigenvalue weighted by molar-refractivity contribution is 5.49. The minimum absolute atomic E-state index is 0.0358. The van der Waals surface area contributed by atoms with Gasteiger partial charge in [0.15, 0.2) is 0 Å². The maximum Gasteiger partial charge on any atom is 0.133 e. The van der Waals surface area contributed by atoms with Gasteiger partial charge in [-0.15, -0.1) is 0 Å².